The molecule has 0 radical (unpaired) electrons. The zero-order valence-electron chi connectivity index (χ0n) is 14.4. The molecule has 6 heteroatoms. The summed E-state index contributed by atoms with van der Waals surface area (Å²) in [5.74, 6) is 1.08. The van der Waals surface area contributed by atoms with Crippen molar-refractivity contribution in [2.75, 3.05) is 17.7 Å². The Morgan fingerprint density at radius 3 is 2.54 bits per heavy atom. The summed E-state index contributed by atoms with van der Waals surface area (Å²) in [6, 6.07) is 16.2. The Morgan fingerprint density at radius 2 is 1.88 bits per heavy atom. The monoisotopic (exact) mass is 367 g/mol. The van der Waals surface area contributed by atoms with Crippen molar-refractivity contribution < 1.29 is 9.53 Å². The highest BCUT2D eigenvalue weighted by molar-refractivity contribution is 6.31. The Hall–Kier alpha value is -3.05. The van der Waals surface area contributed by atoms with Crippen LogP contribution in [0.2, 0.25) is 5.02 Å². The van der Waals surface area contributed by atoms with Crippen LogP contribution in [0.5, 0.6) is 5.75 Å². The summed E-state index contributed by atoms with van der Waals surface area (Å²) >= 11 is 6.12. The molecule has 5 nitrogen and oxygen atoms in total. The fourth-order valence-corrected chi connectivity index (χ4v) is 2.56. The van der Waals surface area contributed by atoms with Crippen LogP contribution in [0.4, 0.5) is 17.2 Å². The van der Waals surface area contributed by atoms with E-state index in [-0.39, 0.29) is 5.91 Å². The number of benzene rings is 2. The molecule has 1 amide bonds. The standard InChI is InChI=1S/C20H18ClN3O2/c1-13-10-17(18(26-2)11-16(13)21)24-19-9-8-15(12-22-19)23-20(25)14-6-4-3-5-7-14/h3-12H,1-2H3,(H,22,24)(H,23,25). The lowest BCUT2D eigenvalue weighted by Gasteiger charge is -2.13. The molecule has 0 fully saturated rings. The summed E-state index contributed by atoms with van der Waals surface area (Å²) in [7, 11) is 1.59. The summed E-state index contributed by atoms with van der Waals surface area (Å²) in [5.41, 5.74) is 2.91. The van der Waals surface area contributed by atoms with Crippen LogP contribution < -0.4 is 15.4 Å². The minimum Gasteiger partial charge on any atom is -0.495 e. The first-order chi connectivity index (χ1) is 12.6. The van der Waals surface area contributed by atoms with E-state index in [0.29, 0.717) is 27.8 Å². The number of methoxy groups -OCH3 is 1. The average Bonchev–Trinajstić information content (AvgIpc) is 2.66. The van der Waals surface area contributed by atoms with E-state index in [2.05, 4.69) is 15.6 Å². The molecular weight excluding hydrogens is 350 g/mol. The van der Waals surface area contributed by atoms with Crippen LogP contribution >= 0.6 is 11.6 Å². The highest BCUT2D eigenvalue weighted by Gasteiger charge is 2.09. The van der Waals surface area contributed by atoms with Gasteiger partial charge in [0.15, 0.2) is 0 Å². The number of hydrogen-bond donors (Lipinski definition) is 2. The summed E-state index contributed by atoms with van der Waals surface area (Å²) in [5, 5.41) is 6.65. The molecule has 2 aromatic carbocycles. The largest absolute Gasteiger partial charge is 0.495 e. The van der Waals surface area contributed by atoms with Crippen LogP contribution in [0.1, 0.15) is 15.9 Å². The van der Waals surface area contributed by atoms with Gasteiger partial charge in [-0.15, -0.1) is 0 Å². The molecule has 1 heterocycles. The number of pyridine rings is 1. The number of carbonyl (C=O) groups excluding carboxylic acids is 1. The van der Waals surface area contributed by atoms with Crippen molar-refractivity contribution >= 4 is 34.7 Å². The van der Waals surface area contributed by atoms with Crippen molar-refractivity contribution in [2.45, 2.75) is 6.92 Å². The molecule has 1 aromatic heterocycles. The Morgan fingerprint density at radius 1 is 1.12 bits per heavy atom. The van der Waals surface area contributed by atoms with Crippen LogP contribution in [-0.4, -0.2) is 18.0 Å². The van der Waals surface area contributed by atoms with Crippen molar-refractivity contribution in [1.82, 2.24) is 4.98 Å². The molecule has 3 aromatic rings. The zero-order chi connectivity index (χ0) is 18.5. The summed E-state index contributed by atoms with van der Waals surface area (Å²) in [4.78, 5) is 16.5. The van der Waals surface area contributed by atoms with Crippen LogP contribution in [0.3, 0.4) is 0 Å². The first-order valence-electron chi connectivity index (χ1n) is 8.00. The number of hydrogen-bond acceptors (Lipinski definition) is 4. The van der Waals surface area contributed by atoms with Gasteiger partial charge in [0, 0.05) is 16.7 Å². The quantitative estimate of drug-likeness (QED) is 0.662. The number of aryl methyl sites for hydroxylation is 1. The molecular formula is C20H18ClN3O2. The highest BCUT2D eigenvalue weighted by atomic mass is 35.5. The Bertz CT molecular complexity index is 912. The normalized spacial score (nSPS) is 10.3. The average molecular weight is 368 g/mol. The van der Waals surface area contributed by atoms with Crippen molar-refractivity contribution in [3.05, 3.63) is 76.9 Å². The second-order valence-corrected chi connectivity index (χ2v) is 6.09. The number of aromatic nitrogens is 1. The number of rotatable bonds is 5. The molecule has 0 aliphatic rings. The summed E-state index contributed by atoms with van der Waals surface area (Å²) in [6.45, 7) is 1.92. The van der Waals surface area contributed by atoms with E-state index in [9.17, 15) is 4.79 Å². The Balaban J connectivity index is 1.72. The maximum absolute atomic E-state index is 12.2. The van der Waals surface area contributed by atoms with Gasteiger partial charge in [-0.1, -0.05) is 29.8 Å². The molecule has 0 unspecified atom stereocenters. The number of nitrogens with zero attached hydrogens (tertiary/aromatic N) is 1. The topological polar surface area (TPSA) is 63.2 Å². The number of anilines is 3. The second kappa shape index (κ2) is 7.89. The van der Waals surface area contributed by atoms with Gasteiger partial charge in [-0.2, -0.15) is 0 Å². The number of nitrogens with one attached hydrogen (secondary N) is 2. The van der Waals surface area contributed by atoms with E-state index in [1.807, 2.05) is 31.2 Å². The van der Waals surface area contributed by atoms with Gasteiger partial charge in [0.25, 0.3) is 5.91 Å². The summed E-state index contributed by atoms with van der Waals surface area (Å²) < 4.78 is 5.35. The molecule has 0 spiro atoms. The Labute approximate surface area is 157 Å². The van der Waals surface area contributed by atoms with Gasteiger partial charge in [0.1, 0.15) is 11.6 Å². The lowest BCUT2D eigenvalue weighted by molar-refractivity contribution is 0.102. The van der Waals surface area contributed by atoms with E-state index in [1.54, 1.807) is 43.6 Å². The Kier molecular flexibility index (Phi) is 5.39. The fraction of sp³-hybridized carbons (Fsp3) is 0.100. The van der Waals surface area contributed by atoms with Crippen LogP contribution in [0.15, 0.2) is 60.8 Å². The second-order valence-electron chi connectivity index (χ2n) is 5.68. The third-order valence-corrected chi connectivity index (χ3v) is 4.21. The number of carbonyl (C=O) groups is 1. The molecule has 3 rings (SSSR count). The highest BCUT2D eigenvalue weighted by Crippen LogP contribution is 2.32. The number of amides is 1. The predicted octanol–water partition coefficient (Wildman–Crippen LogP) is 5.05. The molecule has 0 saturated heterocycles. The molecule has 0 aliphatic heterocycles. The maximum Gasteiger partial charge on any atom is 0.255 e. The van der Waals surface area contributed by atoms with E-state index in [0.717, 1.165) is 11.3 Å². The van der Waals surface area contributed by atoms with E-state index >= 15 is 0 Å². The third-order valence-electron chi connectivity index (χ3n) is 3.80. The first-order valence-corrected chi connectivity index (χ1v) is 8.38. The lowest BCUT2D eigenvalue weighted by Crippen LogP contribution is -2.11. The van der Waals surface area contributed by atoms with E-state index in [4.69, 9.17) is 16.3 Å². The fourth-order valence-electron chi connectivity index (χ4n) is 2.40. The van der Waals surface area contributed by atoms with Crippen LogP contribution in [0, 0.1) is 6.92 Å². The number of ether oxygens (including phenoxy) is 1. The molecule has 2 N–H and O–H groups in total. The van der Waals surface area contributed by atoms with Crippen LogP contribution in [-0.2, 0) is 0 Å². The predicted molar refractivity (Wildman–Crippen MR) is 105 cm³/mol. The third kappa shape index (κ3) is 4.13. The van der Waals surface area contributed by atoms with Crippen molar-refractivity contribution in [3.8, 4) is 5.75 Å². The van der Waals surface area contributed by atoms with Gasteiger partial charge in [-0.25, -0.2) is 4.98 Å². The van der Waals surface area contributed by atoms with Crippen molar-refractivity contribution in [1.29, 1.82) is 0 Å². The minimum atomic E-state index is -0.178. The molecule has 132 valence electrons. The van der Waals surface area contributed by atoms with Crippen molar-refractivity contribution in [3.63, 3.8) is 0 Å². The minimum absolute atomic E-state index is 0.178. The zero-order valence-corrected chi connectivity index (χ0v) is 15.2. The van der Waals surface area contributed by atoms with Crippen molar-refractivity contribution in [2.24, 2.45) is 0 Å². The maximum atomic E-state index is 12.2. The summed E-state index contributed by atoms with van der Waals surface area (Å²) in [6.07, 6.45) is 1.60. The molecule has 0 saturated carbocycles. The van der Waals surface area contributed by atoms with Gasteiger partial charge in [-0.05, 0) is 42.8 Å². The van der Waals surface area contributed by atoms with Gasteiger partial charge in [0.2, 0.25) is 0 Å². The van der Waals surface area contributed by atoms with Gasteiger partial charge >= 0.3 is 0 Å². The molecule has 26 heavy (non-hydrogen) atoms. The smallest absolute Gasteiger partial charge is 0.255 e. The molecule has 0 aliphatic carbocycles. The van der Waals surface area contributed by atoms with Gasteiger partial charge in [-0.3, -0.25) is 4.79 Å². The van der Waals surface area contributed by atoms with Crippen LogP contribution in [0.25, 0.3) is 0 Å². The van der Waals surface area contributed by atoms with Gasteiger partial charge < -0.3 is 15.4 Å². The SMILES string of the molecule is COc1cc(Cl)c(C)cc1Nc1ccc(NC(=O)c2ccccc2)cn1. The molecule has 0 bridgehead atoms. The lowest BCUT2D eigenvalue weighted by atomic mass is 10.2. The number of halogens is 1. The van der Waals surface area contributed by atoms with E-state index in [1.165, 1.54) is 0 Å². The van der Waals surface area contributed by atoms with Gasteiger partial charge in [0.05, 0.1) is 24.7 Å². The first kappa shape index (κ1) is 17.8. The molecule has 0 atom stereocenters. The van der Waals surface area contributed by atoms with E-state index < -0.39 is 0 Å².